The molecule has 0 saturated carbocycles. The summed E-state index contributed by atoms with van der Waals surface area (Å²) in [7, 11) is 0. The minimum Gasteiger partial charge on any atom is -0.365 e. The van der Waals surface area contributed by atoms with Crippen LogP contribution in [0.5, 0.6) is 0 Å². The van der Waals surface area contributed by atoms with E-state index >= 15 is 0 Å². The third-order valence-corrected chi connectivity index (χ3v) is 4.14. The SMILES string of the molecule is CCCCN1C(=O)S[C@@H](Nc2ccc(NC(C)=O)cc2)C1=O. The summed E-state index contributed by atoms with van der Waals surface area (Å²) in [6, 6.07) is 7.01. The molecule has 6 nitrogen and oxygen atoms in total. The molecule has 1 aromatic carbocycles. The summed E-state index contributed by atoms with van der Waals surface area (Å²) in [5, 5.41) is 4.93. The zero-order valence-corrected chi connectivity index (χ0v) is 13.4. The van der Waals surface area contributed by atoms with E-state index in [-0.39, 0.29) is 17.1 Å². The van der Waals surface area contributed by atoms with E-state index in [9.17, 15) is 14.4 Å². The Labute approximate surface area is 133 Å². The molecule has 0 unspecified atom stereocenters. The molecule has 1 saturated heterocycles. The Hall–Kier alpha value is -2.02. The summed E-state index contributed by atoms with van der Waals surface area (Å²) >= 11 is 0.998. The van der Waals surface area contributed by atoms with Crippen molar-refractivity contribution in [3.8, 4) is 0 Å². The van der Waals surface area contributed by atoms with Gasteiger partial charge in [-0.3, -0.25) is 19.3 Å². The molecule has 2 rings (SSSR count). The number of carbonyl (C=O) groups excluding carboxylic acids is 3. The lowest BCUT2D eigenvalue weighted by Gasteiger charge is -2.14. The molecule has 22 heavy (non-hydrogen) atoms. The number of nitrogens with zero attached hydrogens (tertiary/aromatic N) is 1. The number of anilines is 2. The highest BCUT2D eigenvalue weighted by atomic mass is 32.2. The minimum atomic E-state index is -0.587. The molecule has 1 aliphatic rings. The van der Waals surface area contributed by atoms with Gasteiger partial charge in [-0.05, 0) is 42.4 Å². The number of carbonyl (C=O) groups is 3. The van der Waals surface area contributed by atoms with E-state index < -0.39 is 5.37 Å². The Morgan fingerprint density at radius 3 is 2.45 bits per heavy atom. The summed E-state index contributed by atoms with van der Waals surface area (Å²) in [4.78, 5) is 36.3. The van der Waals surface area contributed by atoms with Gasteiger partial charge < -0.3 is 10.6 Å². The smallest absolute Gasteiger partial charge is 0.290 e. The van der Waals surface area contributed by atoms with Gasteiger partial charge in [0.1, 0.15) is 0 Å². The summed E-state index contributed by atoms with van der Waals surface area (Å²) in [5.41, 5.74) is 1.41. The molecule has 0 spiro atoms. The van der Waals surface area contributed by atoms with E-state index in [4.69, 9.17) is 0 Å². The van der Waals surface area contributed by atoms with Crippen molar-refractivity contribution < 1.29 is 14.4 Å². The van der Waals surface area contributed by atoms with Gasteiger partial charge in [0.25, 0.3) is 11.1 Å². The van der Waals surface area contributed by atoms with Crippen molar-refractivity contribution >= 4 is 40.2 Å². The van der Waals surface area contributed by atoms with Crippen molar-refractivity contribution in [2.45, 2.75) is 32.1 Å². The number of thioether (sulfide) groups is 1. The van der Waals surface area contributed by atoms with Gasteiger partial charge in [0.2, 0.25) is 5.91 Å². The fourth-order valence-electron chi connectivity index (χ4n) is 2.06. The fraction of sp³-hybridized carbons (Fsp3) is 0.400. The van der Waals surface area contributed by atoms with Crippen LogP contribution in [0.1, 0.15) is 26.7 Å². The van der Waals surface area contributed by atoms with Crippen LogP contribution in [0.3, 0.4) is 0 Å². The number of imide groups is 1. The number of amides is 3. The summed E-state index contributed by atoms with van der Waals surface area (Å²) in [5.74, 6) is -0.339. The van der Waals surface area contributed by atoms with Crippen LogP contribution in [0.2, 0.25) is 0 Å². The van der Waals surface area contributed by atoms with Gasteiger partial charge in [0.15, 0.2) is 5.37 Å². The van der Waals surface area contributed by atoms with E-state index in [2.05, 4.69) is 10.6 Å². The van der Waals surface area contributed by atoms with Crippen molar-refractivity contribution in [1.82, 2.24) is 4.90 Å². The number of hydrogen-bond donors (Lipinski definition) is 2. The summed E-state index contributed by atoms with van der Waals surface area (Å²) < 4.78 is 0. The standard InChI is InChI=1S/C15H19N3O3S/c1-3-4-9-18-14(20)13(22-15(18)21)17-12-7-5-11(6-8-12)16-10(2)19/h5-8,13,17H,3-4,9H2,1-2H3,(H,16,19)/t13-/m1/s1. The van der Waals surface area contributed by atoms with Crippen molar-refractivity contribution in [2.24, 2.45) is 0 Å². The maximum Gasteiger partial charge on any atom is 0.290 e. The first-order chi connectivity index (χ1) is 10.5. The van der Waals surface area contributed by atoms with Crippen LogP contribution >= 0.6 is 11.8 Å². The molecule has 1 atom stereocenters. The zero-order chi connectivity index (χ0) is 16.1. The highest BCUT2D eigenvalue weighted by Gasteiger charge is 2.39. The maximum atomic E-state index is 12.2. The number of nitrogens with one attached hydrogen (secondary N) is 2. The van der Waals surface area contributed by atoms with Crippen LogP contribution in [0.4, 0.5) is 16.2 Å². The van der Waals surface area contributed by atoms with Crippen LogP contribution < -0.4 is 10.6 Å². The molecule has 0 aliphatic carbocycles. The molecule has 0 aromatic heterocycles. The lowest BCUT2D eigenvalue weighted by atomic mass is 10.2. The van der Waals surface area contributed by atoms with E-state index in [1.165, 1.54) is 11.8 Å². The minimum absolute atomic E-state index is 0.139. The number of hydrogen-bond acceptors (Lipinski definition) is 5. The first kappa shape index (κ1) is 16.4. The Kier molecular flexibility index (Phi) is 5.43. The predicted octanol–water partition coefficient (Wildman–Crippen LogP) is 2.88. The molecule has 3 amide bonds. The molecular formula is C15H19N3O3S. The van der Waals surface area contributed by atoms with Crippen molar-refractivity contribution in [3.63, 3.8) is 0 Å². The Balaban J connectivity index is 1.97. The fourth-order valence-corrected chi connectivity index (χ4v) is 2.99. The zero-order valence-electron chi connectivity index (χ0n) is 12.6. The Morgan fingerprint density at radius 1 is 1.23 bits per heavy atom. The molecule has 2 N–H and O–H groups in total. The van der Waals surface area contributed by atoms with E-state index in [1.54, 1.807) is 24.3 Å². The third-order valence-electron chi connectivity index (χ3n) is 3.17. The monoisotopic (exact) mass is 321 g/mol. The topological polar surface area (TPSA) is 78.5 Å². The van der Waals surface area contributed by atoms with Crippen molar-refractivity contribution in [3.05, 3.63) is 24.3 Å². The van der Waals surface area contributed by atoms with Crippen molar-refractivity contribution in [1.29, 1.82) is 0 Å². The molecule has 1 fully saturated rings. The van der Waals surface area contributed by atoms with E-state index in [0.717, 1.165) is 30.3 Å². The number of unbranched alkanes of at least 4 members (excludes halogenated alkanes) is 1. The van der Waals surface area contributed by atoms with Crippen LogP contribution in [-0.4, -0.2) is 33.9 Å². The Bertz CT molecular complexity index is 574. The van der Waals surface area contributed by atoms with Crippen LogP contribution in [0.25, 0.3) is 0 Å². The van der Waals surface area contributed by atoms with Gasteiger partial charge in [-0.25, -0.2) is 0 Å². The lowest BCUT2D eigenvalue weighted by Crippen LogP contribution is -2.35. The molecular weight excluding hydrogens is 302 g/mol. The van der Waals surface area contributed by atoms with Gasteiger partial charge in [0.05, 0.1) is 0 Å². The van der Waals surface area contributed by atoms with Gasteiger partial charge in [-0.15, -0.1) is 0 Å². The van der Waals surface area contributed by atoms with Crippen LogP contribution in [0, 0.1) is 0 Å². The normalized spacial score (nSPS) is 17.7. The van der Waals surface area contributed by atoms with Gasteiger partial charge in [0, 0.05) is 24.8 Å². The van der Waals surface area contributed by atoms with Crippen LogP contribution in [0.15, 0.2) is 24.3 Å². The van der Waals surface area contributed by atoms with Gasteiger partial charge in [-0.1, -0.05) is 13.3 Å². The van der Waals surface area contributed by atoms with E-state index in [0.29, 0.717) is 12.2 Å². The van der Waals surface area contributed by atoms with Gasteiger partial charge >= 0.3 is 0 Å². The predicted molar refractivity (Wildman–Crippen MR) is 87.8 cm³/mol. The number of benzene rings is 1. The number of rotatable bonds is 6. The highest BCUT2D eigenvalue weighted by molar-refractivity contribution is 8.15. The van der Waals surface area contributed by atoms with Crippen LogP contribution in [-0.2, 0) is 9.59 Å². The molecule has 118 valence electrons. The Morgan fingerprint density at radius 2 is 1.86 bits per heavy atom. The second kappa shape index (κ2) is 7.31. The summed E-state index contributed by atoms with van der Waals surface area (Å²) in [6.45, 7) is 3.93. The quantitative estimate of drug-likeness (QED) is 0.842. The second-order valence-electron chi connectivity index (χ2n) is 5.01. The molecule has 0 bridgehead atoms. The average molecular weight is 321 g/mol. The maximum absolute atomic E-state index is 12.2. The van der Waals surface area contributed by atoms with E-state index in [1.807, 2.05) is 6.92 Å². The van der Waals surface area contributed by atoms with Crippen molar-refractivity contribution in [2.75, 3.05) is 17.2 Å². The molecule has 1 aliphatic heterocycles. The molecule has 1 heterocycles. The molecule has 7 heteroatoms. The lowest BCUT2D eigenvalue weighted by molar-refractivity contribution is -0.126. The van der Waals surface area contributed by atoms with Gasteiger partial charge in [-0.2, -0.15) is 0 Å². The first-order valence-electron chi connectivity index (χ1n) is 7.17. The first-order valence-corrected chi connectivity index (χ1v) is 8.05. The average Bonchev–Trinajstić information content (AvgIpc) is 2.73. The molecule has 1 aromatic rings. The largest absolute Gasteiger partial charge is 0.365 e. The molecule has 0 radical (unpaired) electrons. The third kappa shape index (κ3) is 4.00. The second-order valence-corrected chi connectivity index (χ2v) is 6.07. The summed E-state index contributed by atoms with van der Waals surface area (Å²) in [6.07, 6.45) is 1.75. The highest BCUT2D eigenvalue weighted by Crippen LogP contribution is 2.28.